The van der Waals surface area contributed by atoms with E-state index in [1.165, 1.54) is 0 Å². The lowest BCUT2D eigenvalue weighted by Gasteiger charge is -2.30. The van der Waals surface area contributed by atoms with Crippen molar-refractivity contribution in [2.24, 2.45) is 10.7 Å². The maximum absolute atomic E-state index is 11.7. The van der Waals surface area contributed by atoms with Crippen LogP contribution < -0.4 is 5.73 Å². The van der Waals surface area contributed by atoms with Gasteiger partial charge >= 0.3 is 0 Å². The Morgan fingerprint density at radius 1 is 1.15 bits per heavy atom. The van der Waals surface area contributed by atoms with Crippen LogP contribution in [0.4, 0.5) is 0 Å². The van der Waals surface area contributed by atoms with Crippen LogP contribution in [0.25, 0.3) is 11.1 Å². The molecular formula is C21H24N4O. The molecule has 1 aliphatic rings. The molecule has 1 amide bonds. The Labute approximate surface area is 154 Å². The third-order valence-corrected chi connectivity index (χ3v) is 4.78. The third-order valence-electron chi connectivity index (χ3n) is 4.78. The highest BCUT2D eigenvalue weighted by Crippen LogP contribution is 2.21. The summed E-state index contributed by atoms with van der Waals surface area (Å²) < 4.78 is 0. The molecule has 1 aromatic heterocycles. The molecule has 5 nitrogen and oxygen atoms in total. The molecule has 0 radical (unpaired) electrons. The maximum atomic E-state index is 11.7. The van der Waals surface area contributed by atoms with E-state index in [4.69, 9.17) is 5.73 Å². The van der Waals surface area contributed by atoms with Crippen LogP contribution in [-0.2, 0) is 11.2 Å². The van der Waals surface area contributed by atoms with E-state index in [1.807, 2.05) is 17.0 Å². The minimum absolute atomic E-state index is 0.0761. The fourth-order valence-electron chi connectivity index (χ4n) is 3.24. The number of carbonyl (C=O) groups excluding carboxylic acids is 1. The Bertz CT molecular complexity index is 838. The van der Waals surface area contributed by atoms with Gasteiger partial charge in [0.25, 0.3) is 0 Å². The number of piperidine rings is 1. The summed E-state index contributed by atoms with van der Waals surface area (Å²) in [6, 6.07) is 12.4. The van der Waals surface area contributed by atoms with Crippen LogP contribution >= 0.6 is 0 Å². The normalized spacial score (nSPS) is 18.1. The van der Waals surface area contributed by atoms with Crippen molar-refractivity contribution in [3.8, 4) is 11.1 Å². The molecule has 1 saturated heterocycles. The Balaban J connectivity index is 1.80. The van der Waals surface area contributed by atoms with E-state index in [1.54, 1.807) is 26.4 Å². The molecule has 0 bridgehead atoms. The van der Waals surface area contributed by atoms with Gasteiger partial charge in [-0.25, -0.2) is 0 Å². The number of nitrogens with zero attached hydrogens (tertiary/aromatic N) is 3. The average molecular weight is 348 g/mol. The Hall–Kier alpha value is -2.95. The highest BCUT2D eigenvalue weighted by molar-refractivity contribution is 6.02. The molecule has 0 unspecified atom stereocenters. The largest absolute Gasteiger partial charge is 0.401 e. The van der Waals surface area contributed by atoms with Crippen LogP contribution in [0.1, 0.15) is 18.9 Å². The van der Waals surface area contributed by atoms with Crippen LogP contribution in [-0.4, -0.2) is 41.6 Å². The van der Waals surface area contributed by atoms with Gasteiger partial charge < -0.3 is 10.6 Å². The first-order valence-corrected chi connectivity index (χ1v) is 8.77. The van der Waals surface area contributed by atoms with Crippen molar-refractivity contribution in [2.45, 2.75) is 19.8 Å². The van der Waals surface area contributed by atoms with Gasteiger partial charge in [0.2, 0.25) is 5.91 Å². The first-order valence-electron chi connectivity index (χ1n) is 8.77. The number of hydrogen-bond donors (Lipinski definition) is 1. The van der Waals surface area contributed by atoms with Gasteiger partial charge in [-0.15, -0.1) is 0 Å². The second kappa shape index (κ2) is 7.95. The number of hydrogen-bond acceptors (Lipinski definition) is 4. The molecule has 1 fully saturated rings. The van der Waals surface area contributed by atoms with Crippen molar-refractivity contribution in [3.63, 3.8) is 0 Å². The van der Waals surface area contributed by atoms with Gasteiger partial charge in [0.15, 0.2) is 0 Å². The average Bonchev–Trinajstić information content (AvgIpc) is 2.68. The zero-order valence-electron chi connectivity index (χ0n) is 15.3. The number of pyridine rings is 1. The van der Waals surface area contributed by atoms with Crippen molar-refractivity contribution < 1.29 is 4.79 Å². The van der Waals surface area contributed by atoms with Crippen molar-refractivity contribution in [1.29, 1.82) is 0 Å². The molecule has 2 aromatic rings. The van der Waals surface area contributed by atoms with Crippen LogP contribution in [0.15, 0.2) is 65.1 Å². The van der Waals surface area contributed by atoms with E-state index >= 15 is 0 Å². The molecule has 26 heavy (non-hydrogen) atoms. The highest BCUT2D eigenvalue weighted by Gasteiger charge is 2.23. The third kappa shape index (κ3) is 3.99. The van der Waals surface area contributed by atoms with Gasteiger partial charge in [-0.3, -0.25) is 14.8 Å². The fourth-order valence-corrected chi connectivity index (χ4v) is 3.24. The quantitative estimate of drug-likeness (QED) is 0.927. The number of allylic oxidation sites excluding steroid dienone is 1. The summed E-state index contributed by atoms with van der Waals surface area (Å²) in [5.74, 6) is 0.0761. The first-order chi connectivity index (χ1) is 12.6. The number of carbonyl (C=O) groups is 1. The van der Waals surface area contributed by atoms with E-state index in [9.17, 15) is 4.79 Å². The van der Waals surface area contributed by atoms with E-state index in [0.717, 1.165) is 40.1 Å². The van der Waals surface area contributed by atoms with Crippen LogP contribution in [0.2, 0.25) is 0 Å². The number of likely N-dealkylation sites (tertiary alicyclic amines) is 1. The topological polar surface area (TPSA) is 71.6 Å². The molecule has 5 heteroatoms. The molecule has 0 saturated carbocycles. The number of aromatic nitrogens is 1. The molecule has 2 N–H and O–H groups in total. The Kier molecular flexibility index (Phi) is 5.46. The standard InChI is InChI=1S/C21H24N4O/c1-15(26)25-12-9-21(23-2)19(14-25)20(22)13-16-3-5-17(6-4-16)18-7-10-24-11-8-18/h3-8,10-11H,9,12-14,22H2,1-2H3. The second-order valence-electron chi connectivity index (χ2n) is 6.47. The lowest BCUT2D eigenvalue weighted by atomic mass is 9.96. The van der Waals surface area contributed by atoms with Gasteiger partial charge in [-0.05, 0) is 28.8 Å². The van der Waals surface area contributed by atoms with Crippen LogP contribution in [0.5, 0.6) is 0 Å². The monoisotopic (exact) mass is 348 g/mol. The second-order valence-corrected chi connectivity index (χ2v) is 6.47. The Morgan fingerprint density at radius 3 is 2.42 bits per heavy atom. The van der Waals surface area contributed by atoms with Crippen molar-refractivity contribution >= 4 is 11.6 Å². The molecule has 0 aliphatic carbocycles. The minimum atomic E-state index is 0.0761. The van der Waals surface area contributed by atoms with Gasteiger partial charge in [0, 0.05) is 69.3 Å². The zero-order valence-corrected chi connectivity index (χ0v) is 15.3. The Morgan fingerprint density at radius 2 is 1.81 bits per heavy atom. The van der Waals surface area contributed by atoms with E-state index in [-0.39, 0.29) is 5.91 Å². The van der Waals surface area contributed by atoms with Crippen LogP contribution in [0, 0.1) is 0 Å². The number of amides is 1. The summed E-state index contributed by atoms with van der Waals surface area (Å²) in [6.45, 7) is 2.85. The number of rotatable bonds is 3. The molecule has 3 rings (SSSR count). The predicted molar refractivity (Wildman–Crippen MR) is 105 cm³/mol. The summed E-state index contributed by atoms with van der Waals surface area (Å²) in [6.07, 6.45) is 4.99. The van der Waals surface area contributed by atoms with Crippen molar-refractivity contribution in [1.82, 2.24) is 9.88 Å². The molecule has 1 aromatic carbocycles. The summed E-state index contributed by atoms with van der Waals surface area (Å²) in [5, 5.41) is 0. The highest BCUT2D eigenvalue weighted by atomic mass is 16.2. The molecule has 2 heterocycles. The van der Waals surface area contributed by atoms with Gasteiger partial charge in [-0.2, -0.15) is 0 Å². The smallest absolute Gasteiger partial charge is 0.219 e. The SMILES string of the molecule is CN=C1CCN(C(C)=O)CC1=C(N)Cc1ccc(-c2ccncc2)cc1. The molecule has 134 valence electrons. The van der Waals surface area contributed by atoms with Crippen molar-refractivity contribution in [2.75, 3.05) is 20.1 Å². The molecule has 1 aliphatic heterocycles. The predicted octanol–water partition coefficient (Wildman–Crippen LogP) is 2.83. The summed E-state index contributed by atoms with van der Waals surface area (Å²) in [5.41, 5.74) is 12.6. The summed E-state index contributed by atoms with van der Waals surface area (Å²) in [7, 11) is 1.79. The summed E-state index contributed by atoms with van der Waals surface area (Å²) >= 11 is 0. The maximum Gasteiger partial charge on any atom is 0.219 e. The number of aliphatic imine (C=N–C) groups is 1. The van der Waals surface area contributed by atoms with Gasteiger partial charge in [0.05, 0.1) is 0 Å². The zero-order chi connectivity index (χ0) is 18.5. The molecule has 0 spiro atoms. The lowest BCUT2D eigenvalue weighted by Crippen LogP contribution is -2.40. The first kappa shape index (κ1) is 17.9. The van der Waals surface area contributed by atoms with E-state index in [2.05, 4.69) is 34.2 Å². The fraction of sp³-hybridized carbons (Fsp3) is 0.286. The van der Waals surface area contributed by atoms with Gasteiger partial charge in [0.1, 0.15) is 0 Å². The lowest BCUT2D eigenvalue weighted by molar-refractivity contribution is -0.128. The number of nitrogens with two attached hydrogens (primary N) is 1. The number of benzene rings is 1. The van der Waals surface area contributed by atoms with E-state index < -0.39 is 0 Å². The van der Waals surface area contributed by atoms with Gasteiger partial charge in [-0.1, -0.05) is 24.3 Å². The molecule has 0 atom stereocenters. The minimum Gasteiger partial charge on any atom is -0.401 e. The molecular weight excluding hydrogens is 324 g/mol. The van der Waals surface area contributed by atoms with Crippen LogP contribution in [0.3, 0.4) is 0 Å². The summed E-state index contributed by atoms with van der Waals surface area (Å²) in [4.78, 5) is 22.0. The van der Waals surface area contributed by atoms with Crippen molar-refractivity contribution in [3.05, 3.63) is 65.6 Å². The van der Waals surface area contributed by atoms with E-state index in [0.29, 0.717) is 19.5 Å².